The van der Waals surface area contributed by atoms with Gasteiger partial charge in [0.1, 0.15) is 11.6 Å². The quantitative estimate of drug-likeness (QED) is 0.503. The van der Waals surface area contributed by atoms with Crippen molar-refractivity contribution in [3.8, 4) is 6.07 Å². The molecule has 1 saturated heterocycles. The van der Waals surface area contributed by atoms with Gasteiger partial charge in [0.25, 0.3) is 0 Å². The van der Waals surface area contributed by atoms with Crippen LogP contribution in [0.15, 0.2) is 30.5 Å². The molecule has 1 N–H and O–H groups in total. The fraction of sp³-hybridized carbons (Fsp3) is 0.462. The van der Waals surface area contributed by atoms with Gasteiger partial charge in [0.2, 0.25) is 0 Å². The molecule has 0 bridgehead atoms. The van der Waals surface area contributed by atoms with Gasteiger partial charge in [0, 0.05) is 22.1 Å². The molecule has 0 radical (unpaired) electrons. The molecule has 1 aliphatic carbocycles. The zero-order valence-corrected chi connectivity index (χ0v) is 21.3. The third-order valence-electron chi connectivity index (χ3n) is 7.48. The molecule has 0 saturated carbocycles. The van der Waals surface area contributed by atoms with Gasteiger partial charge < -0.3 is 5.11 Å². The number of rotatable bonds is 5. The van der Waals surface area contributed by atoms with Crippen LogP contribution in [0.2, 0.25) is 10.0 Å². The summed E-state index contributed by atoms with van der Waals surface area (Å²) < 4.78 is 1.73. The first-order chi connectivity index (χ1) is 16.9. The van der Waals surface area contributed by atoms with E-state index in [2.05, 4.69) is 34.1 Å². The van der Waals surface area contributed by atoms with Crippen molar-refractivity contribution in [2.75, 3.05) is 13.2 Å². The van der Waals surface area contributed by atoms with Gasteiger partial charge in [-0.15, -0.1) is 0 Å². The normalized spacial score (nSPS) is 23.9. The van der Waals surface area contributed by atoms with E-state index >= 15 is 0 Å². The van der Waals surface area contributed by atoms with Crippen LogP contribution in [0.1, 0.15) is 62.5 Å². The predicted molar refractivity (Wildman–Crippen MR) is 137 cm³/mol. The summed E-state index contributed by atoms with van der Waals surface area (Å²) in [6.45, 7) is 5.52. The van der Waals surface area contributed by atoms with Gasteiger partial charge in [-0.05, 0) is 68.3 Å². The molecule has 2 aromatic heterocycles. The van der Waals surface area contributed by atoms with Crippen molar-refractivity contribution in [3.63, 3.8) is 0 Å². The summed E-state index contributed by atoms with van der Waals surface area (Å²) >= 11 is 12.5. The van der Waals surface area contributed by atoms with Gasteiger partial charge in [-0.2, -0.15) is 10.4 Å². The van der Waals surface area contributed by atoms with Crippen molar-refractivity contribution in [3.05, 3.63) is 57.5 Å². The molecule has 9 heteroatoms. The number of likely N-dealkylation sites (tertiary alicyclic amines) is 1. The maximum atomic E-state index is 9.77. The highest BCUT2D eigenvalue weighted by Crippen LogP contribution is 2.36. The summed E-state index contributed by atoms with van der Waals surface area (Å²) in [6, 6.07) is 7.95. The summed E-state index contributed by atoms with van der Waals surface area (Å²) in [5.41, 5.74) is 4.10. The molecule has 182 valence electrons. The lowest BCUT2D eigenvalue weighted by Crippen LogP contribution is -2.45. The zero-order valence-electron chi connectivity index (χ0n) is 19.8. The van der Waals surface area contributed by atoms with Crippen LogP contribution in [0.3, 0.4) is 0 Å². The first-order valence-corrected chi connectivity index (χ1v) is 12.8. The molecule has 35 heavy (non-hydrogen) atoms. The van der Waals surface area contributed by atoms with Crippen molar-refractivity contribution in [2.24, 2.45) is 5.92 Å². The summed E-state index contributed by atoms with van der Waals surface area (Å²) in [5.74, 6) is 0.436. The first kappa shape index (κ1) is 24.2. The lowest BCUT2D eigenvalue weighted by atomic mass is 9.83. The standard InChI is InChI=1S/C26H28Cl2N6O/c1-15-10-17(5-8-24(15)33-9-3-4-19(33)14-35)23-13-30-25-22(12-29)32-34(26(25)31-23)16(2)20-7-6-18(27)11-21(20)28/h5-7,11,13,15-16,19,24,35H,3-4,8-10,14H2,1-2H3/t15-,16?,19+,24+/m1/s1. The van der Waals surface area contributed by atoms with Crippen molar-refractivity contribution >= 4 is 39.9 Å². The van der Waals surface area contributed by atoms with E-state index in [0.717, 1.165) is 49.1 Å². The Morgan fingerprint density at radius 3 is 2.86 bits per heavy atom. The van der Waals surface area contributed by atoms with Gasteiger partial charge in [0.05, 0.1) is 24.5 Å². The summed E-state index contributed by atoms with van der Waals surface area (Å²) in [4.78, 5) is 12.0. The molecule has 4 atom stereocenters. The average Bonchev–Trinajstić information content (AvgIpc) is 3.47. The highest BCUT2D eigenvalue weighted by Gasteiger charge is 2.35. The summed E-state index contributed by atoms with van der Waals surface area (Å²) in [7, 11) is 0. The molecule has 1 aliphatic heterocycles. The first-order valence-electron chi connectivity index (χ1n) is 12.1. The van der Waals surface area contributed by atoms with Crippen molar-refractivity contribution in [2.45, 2.75) is 57.7 Å². The predicted octanol–water partition coefficient (Wildman–Crippen LogP) is 5.25. The lowest BCUT2D eigenvalue weighted by molar-refractivity contribution is 0.0910. The number of aliphatic hydroxyl groups excluding tert-OH is 1. The minimum Gasteiger partial charge on any atom is -0.395 e. The largest absolute Gasteiger partial charge is 0.395 e. The molecule has 1 fully saturated rings. The number of allylic oxidation sites excluding steroid dienone is 1. The van der Waals surface area contributed by atoms with Gasteiger partial charge in [-0.1, -0.05) is 42.3 Å². The van der Waals surface area contributed by atoms with Crippen molar-refractivity contribution in [1.29, 1.82) is 5.26 Å². The molecular formula is C26H28Cl2N6O. The number of benzene rings is 1. The molecule has 0 amide bonds. The van der Waals surface area contributed by atoms with E-state index in [9.17, 15) is 10.4 Å². The minimum atomic E-state index is -0.261. The van der Waals surface area contributed by atoms with Crippen LogP contribution in [-0.4, -0.2) is 55.0 Å². The van der Waals surface area contributed by atoms with E-state index in [1.165, 1.54) is 0 Å². The number of nitriles is 1. The number of nitrogens with zero attached hydrogens (tertiary/aromatic N) is 6. The topological polar surface area (TPSA) is 90.9 Å². The summed E-state index contributed by atoms with van der Waals surface area (Å²) in [5, 5.41) is 25.0. The Morgan fingerprint density at radius 2 is 2.14 bits per heavy atom. The van der Waals surface area contributed by atoms with Crippen LogP contribution in [-0.2, 0) is 0 Å². The smallest absolute Gasteiger partial charge is 0.190 e. The van der Waals surface area contributed by atoms with E-state index in [4.69, 9.17) is 28.2 Å². The van der Waals surface area contributed by atoms with Crippen LogP contribution in [0, 0.1) is 17.2 Å². The molecule has 3 heterocycles. The number of aromatic nitrogens is 4. The van der Waals surface area contributed by atoms with Gasteiger partial charge in [0.15, 0.2) is 11.3 Å². The monoisotopic (exact) mass is 510 g/mol. The average molecular weight is 511 g/mol. The van der Waals surface area contributed by atoms with Crippen molar-refractivity contribution < 1.29 is 5.11 Å². The molecule has 5 rings (SSSR count). The third kappa shape index (κ3) is 4.45. The number of hydrogen-bond donors (Lipinski definition) is 1. The maximum Gasteiger partial charge on any atom is 0.190 e. The molecule has 3 aromatic rings. The highest BCUT2D eigenvalue weighted by molar-refractivity contribution is 6.35. The van der Waals surface area contributed by atoms with E-state index in [0.29, 0.717) is 33.2 Å². The van der Waals surface area contributed by atoms with Crippen LogP contribution < -0.4 is 0 Å². The Hall–Kier alpha value is -2.50. The number of hydrogen-bond acceptors (Lipinski definition) is 6. The molecular weight excluding hydrogens is 483 g/mol. The second kappa shape index (κ2) is 9.87. The van der Waals surface area contributed by atoms with Crippen molar-refractivity contribution in [1.82, 2.24) is 24.6 Å². The molecule has 1 aromatic carbocycles. The van der Waals surface area contributed by atoms with E-state index in [1.807, 2.05) is 13.0 Å². The number of halogens is 2. The van der Waals surface area contributed by atoms with E-state index in [1.54, 1.807) is 23.0 Å². The van der Waals surface area contributed by atoms with Crippen LogP contribution >= 0.6 is 23.2 Å². The maximum absolute atomic E-state index is 9.77. The second-order valence-electron chi connectivity index (χ2n) is 9.60. The van der Waals surface area contributed by atoms with Crippen LogP contribution in [0.25, 0.3) is 16.7 Å². The lowest BCUT2D eigenvalue weighted by Gasteiger charge is -2.38. The van der Waals surface area contributed by atoms with E-state index in [-0.39, 0.29) is 24.4 Å². The Bertz CT molecular complexity index is 1330. The van der Waals surface area contributed by atoms with Gasteiger partial charge in [-0.3, -0.25) is 4.90 Å². The number of fused-ring (bicyclic) bond motifs is 1. The minimum absolute atomic E-state index is 0.225. The fourth-order valence-corrected chi connectivity index (χ4v) is 6.17. The van der Waals surface area contributed by atoms with E-state index < -0.39 is 0 Å². The SMILES string of the molecule is CC(c1ccc(Cl)cc1Cl)n1nc(C#N)c2ncc(C3=CC[C@H](N4CCC[C@H]4CO)[C@H](C)C3)nc21. The van der Waals surface area contributed by atoms with Crippen LogP contribution in [0.5, 0.6) is 0 Å². The number of aliphatic hydroxyl groups is 1. The Balaban J connectivity index is 1.49. The molecule has 0 spiro atoms. The zero-order chi connectivity index (χ0) is 24.7. The fourth-order valence-electron chi connectivity index (χ4n) is 5.60. The Labute approximate surface area is 215 Å². The van der Waals surface area contributed by atoms with Gasteiger partial charge in [-0.25, -0.2) is 14.6 Å². The Morgan fingerprint density at radius 1 is 1.31 bits per heavy atom. The third-order valence-corrected chi connectivity index (χ3v) is 8.04. The van der Waals surface area contributed by atoms with Gasteiger partial charge >= 0.3 is 0 Å². The second-order valence-corrected chi connectivity index (χ2v) is 10.4. The molecule has 7 nitrogen and oxygen atoms in total. The summed E-state index contributed by atoms with van der Waals surface area (Å²) in [6.07, 6.45) is 8.04. The van der Waals surface area contributed by atoms with Crippen LogP contribution in [0.4, 0.5) is 0 Å². The highest BCUT2D eigenvalue weighted by atomic mass is 35.5. The molecule has 2 aliphatic rings. The molecule has 1 unspecified atom stereocenters. The Kier molecular flexibility index (Phi) is 6.82.